The minimum absolute atomic E-state index is 0.0625. The molecule has 1 spiro atoms. The molecule has 0 aromatic carbocycles. The normalized spacial score (nSPS) is 18.2. The second-order valence-corrected chi connectivity index (χ2v) is 10.1. The van der Waals surface area contributed by atoms with Crippen LogP contribution < -0.4 is 16.9 Å². The zero-order valence-electron chi connectivity index (χ0n) is 17.4. The van der Waals surface area contributed by atoms with Gasteiger partial charge in [-0.1, -0.05) is 6.42 Å². The highest BCUT2D eigenvalue weighted by molar-refractivity contribution is 7.18. The van der Waals surface area contributed by atoms with Crippen LogP contribution in [0.1, 0.15) is 55.0 Å². The van der Waals surface area contributed by atoms with Crippen molar-refractivity contribution >= 4 is 21.6 Å². The number of aromatic nitrogens is 5. The Hall–Kier alpha value is -2.63. The van der Waals surface area contributed by atoms with Crippen LogP contribution in [0.3, 0.4) is 0 Å². The second kappa shape index (κ2) is 7.19. The molecule has 8 nitrogen and oxygen atoms in total. The van der Waals surface area contributed by atoms with Crippen molar-refractivity contribution in [2.24, 2.45) is 5.41 Å². The van der Waals surface area contributed by atoms with Crippen molar-refractivity contribution in [3.05, 3.63) is 48.1 Å². The van der Waals surface area contributed by atoms with Gasteiger partial charge in [0, 0.05) is 17.5 Å². The van der Waals surface area contributed by atoms with Gasteiger partial charge in [0.15, 0.2) is 0 Å². The first-order chi connectivity index (χ1) is 15.1. The van der Waals surface area contributed by atoms with E-state index in [9.17, 15) is 27.6 Å². The first-order valence-corrected chi connectivity index (χ1v) is 11.3. The molecule has 12 heteroatoms. The van der Waals surface area contributed by atoms with E-state index in [2.05, 4.69) is 10.1 Å². The Morgan fingerprint density at radius 3 is 2.53 bits per heavy atom. The molecule has 3 aromatic heterocycles. The van der Waals surface area contributed by atoms with E-state index in [1.165, 1.54) is 15.6 Å². The summed E-state index contributed by atoms with van der Waals surface area (Å²) in [5.74, 6) is 0. The average molecular weight is 469 g/mol. The molecule has 0 atom stereocenters. The standard InChI is InChI=1S/C20H22F3N5O3S/c1-11-13(9-27-17(30)24-10-25-27)32-16-14(11)15(29)28(12-7-19(8-12)3-2-4-19)18(31)26(16)6-5-20(21,22)23/h10,12H,2-9H2,1H3,(H,24,25,30). The summed E-state index contributed by atoms with van der Waals surface area (Å²) < 4.78 is 42.4. The maximum atomic E-state index is 13.4. The molecule has 0 amide bonds. The third kappa shape index (κ3) is 3.35. The number of nitrogens with one attached hydrogen (secondary N) is 1. The summed E-state index contributed by atoms with van der Waals surface area (Å²) in [6.07, 6.45) is 0.347. The quantitative estimate of drug-likeness (QED) is 0.622. The second-order valence-electron chi connectivity index (χ2n) is 8.97. The van der Waals surface area contributed by atoms with Crippen LogP contribution in [0, 0.1) is 12.3 Å². The Bertz CT molecular complexity index is 1360. The van der Waals surface area contributed by atoms with Gasteiger partial charge < -0.3 is 0 Å². The van der Waals surface area contributed by atoms with Crippen LogP contribution in [-0.2, 0) is 13.1 Å². The van der Waals surface area contributed by atoms with Crippen molar-refractivity contribution < 1.29 is 13.2 Å². The smallest absolute Gasteiger partial charge is 0.295 e. The number of thiophene rings is 1. The third-order valence-corrected chi connectivity index (χ3v) is 8.29. The molecule has 2 saturated carbocycles. The van der Waals surface area contributed by atoms with Crippen molar-refractivity contribution in [2.45, 2.75) is 70.8 Å². The summed E-state index contributed by atoms with van der Waals surface area (Å²) in [7, 11) is 0. The minimum Gasteiger partial charge on any atom is -0.295 e. The number of halogens is 3. The van der Waals surface area contributed by atoms with Crippen LogP contribution in [0.25, 0.3) is 10.2 Å². The van der Waals surface area contributed by atoms with E-state index in [-0.39, 0.29) is 28.2 Å². The molecule has 3 heterocycles. The lowest BCUT2D eigenvalue weighted by molar-refractivity contribution is -0.136. The fourth-order valence-corrected chi connectivity index (χ4v) is 6.35. The lowest BCUT2D eigenvalue weighted by atomic mass is 9.54. The molecular formula is C20H22F3N5O3S. The van der Waals surface area contributed by atoms with Gasteiger partial charge in [0.25, 0.3) is 5.56 Å². The molecule has 32 heavy (non-hydrogen) atoms. The highest BCUT2D eigenvalue weighted by atomic mass is 32.1. The van der Waals surface area contributed by atoms with E-state index in [1.54, 1.807) is 6.92 Å². The number of nitrogens with zero attached hydrogens (tertiary/aromatic N) is 4. The SMILES string of the molecule is Cc1c(Cn2nc[nH]c2=O)sc2c1c(=O)n(C1CC3(CCC3)C1)c(=O)n2CCC(F)(F)F. The zero-order chi connectivity index (χ0) is 22.8. The van der Waals surface area contributed by atoms with E-state index < -0.39 is 36.1 Å². The van der Waals surface area contributed by atoms with Crippen LogP contribution in [0.15, 0.2) is 20.7 Å². The number of fused-ring (bicyclic) bond motifs is 1. The topological polar surface area (TPSA) is 94.7 Å². The Morgan fingerprint density at radius 1 is 1.25 bits per heavy atom. The molecule has 2 aliphatic rings. The van der Waals surface area contributed by atoms with Crippen molar-refractivity contribution in [3.63, 3.8) is 0 Å². The van der Waals surface area contributed by atoms with E-state index in [4.69, 9.17) is 0 Å². The van der Waals surface area contributed by atoms with Crippen molar-refractivity contribution in [1.29, 1.82) is 0 Å². The molecule has 1 N–H and O–H groups in total. The molecule has 3 aromatic rings. The van der Waals surface area contributed by atoms with Gasteiger partial charge >= 0.3 is 17.6 Å². The molecule has 0 saturated heterocycles. The van der Waals surface area contributed by atoms with Crippen LogP contribution in [0.4, 0.5) is 13.2 Å². The predicted molar refractivity (Wildman–Crippen MR) is 112 cm³/mol. The monoisotopic (exact) mass is 469 g/mol. The predicted octanol–water partition coefficient (Wildman–Crippen LogP) is 2.92. The lowest BCUT2D eigenvalue weighted by Gasteiger charge is -2.54. The summed E-state index contributed by atoms with van der Waals surface area (Å²) in [6, 6.07) is -0.284. The van der Waals surface area contributed by atoms with Crippen molar-refractivity contribution in [3.8, 4) is 0 Å². The van der Waals surface area contributed by atoms with Gasteiger partial charge in [-0.05, 0) is 43.6 Å². The van der Waals surface area contributed by atoms with E-state index in [1.807, 2.05) is 0 Å². The van der Waals surface area contributed by atoms with Gasteiger partial charge in [-0.15, -0.1) is 11.3 Å². The summed E-state index contributed by atoms with van der Waals surface area (Å²) in [5.41, 5.74) is -0.818. The first kappa shape index (κ1) is 21.2. The number of hydrogen-bond donors (Lipinski definition) is 1. The van der Waals surface area contributed by atoms with Gasteiger partial charge in [0.1, 0.15) is 11.2 Å². The average Bonchev–Trinajstić information content (AvgIpc) is 3.18. The van der Waals surface area contributed by atoms with Gasteiger partial charge in [0.05, 0.1) is 18.4 Å². The zero-order valence-corrected chi connectivity index (χ0v) is 18.2. The Balaban J connectivity index is 1.64. The number of rotatable bonds is 5. The Kier molecular flexibility index (Phi) is 4.77. The maximum Gasteiger partial charge on any atom is 0.390 e. The molecule has 2 aliphatic carbocycles. The minimum atomic E-state index is -4.43. The van der Waals surface area contributed by atoms with E-state index in [0.29, 0.717) is 23.3 Å². The molecule has 0 unspecified atom stereocenters. The Morgan fingerprint density at radius 2 is 1.97 bits per heavy atom. The third-order valence-electron chi connectivity index (χ3n) is 6.99. The van der Waals surface area contributed by atoms with Crippen LogP contribution in [0.2, 0.25) is 0 Å². The van der Waals surface area contributed by atoms with Gasteiger partial charge in [-0.2, -0.15) is 18.3 Å². The van der Waals surface area contributed by atoms with E-state index in [0.717, 1.165) is 35.2 Å². The molecule has 0 aliphatic heterocycles. The molecule has 0 bridgehead atoms. The largest absolute Gasteiger partial charge is 0.390 e. The fourth-order valence-electron chi connectivity index (χ4n) is 5.06. The molecule has 5 rings (SSSR count). The van der Waals surface area contributed by atoms with Crippen LogP contribution >= 0.6 is 11.3 Å². The maximum absolute atomic E-state index is 13.4. The van der Waals surface area contributed by atoms with Crippen molar-refractivity contribution in [2.75, 3.05) is 0 Å². The van der Waals surface area contributed by atoms with E-state index >= 15 is 0 Å². The van der Waals surface area contributed by atoms with Crippen LogP contribution in [0.5, 0.6) is 0 Å². The van der Waals surface area contributed by atoms with Gasteiger partial charge in [-0.25, -0.2) is 14.3 Å². The van der Waals surface area contributed by atoms with Gasteiger partial charge in [-0.3, -0.25) is 18.9 Å². The number of H-pyrrole nitrogens is 1. The van der Waals surface area contributed by atoms with Crippen LogP contribution in [-0.4, -0.2) is 30.1 Å². The fraction of sp³-hybridized carbons (Fsp3) is 0.600. The molecular weight excluding hydrogens is 447 g/mol. The van der Waals surface area contributed by atoms with Crippen molar-refractivity contribution in [1.82, 2.24) is 23.9 Å². The summed E-state index contributed by atoms with van der Waals surface area (Å²) >= 11 is 1.07. The summed E-state index contributed by atoms with van der Waals surface area (Å²) in [6.45, 7) is 1.20. The lowest BCUT2D eigenvalue weighted by Crippen LogP contribution is -2.51. The number of aromatic amines is 1. The molecule has 0 radical (unpaired) electrons. The highest BCUT2D eigenvalue weighted by Crippen LogP contribution is 2.59. The summed E-state index contributed by atoms with van der Waals surface area (Å²) in [5, 5.41) is 4.16. The number of hydrogen-bond acceptors (Lipinski definition) is 5. The number of aryl methyl sites for hydroxylation is 2. The molecule has 172 valence electrons. The summed E-state index contributed by atoms with van der Waals surface area (Å²) in [4.78, 5) is 41.7. The Labute approximate surface area is 183 Å². The van der Waals surface area contributed by atoms with Gasteiger partial charge in [0.2, 0.25) is 0 Å². The molecule has 2 fully saturated rings. The number of alkyl halides is 3. The highest BCUT2D eigenvalue weighted by Gasteiger charge is 2.49. The first-order valence-electron chi connectivity index (χ1n) is 10.5.